The maximum absolute atomic E-state index is 12.4. The van der Waals surface area contributed by atoms with E-state index in [0.717, 1.165) is 35.7 Å². The first kappa shape index (κ1) is 17.8. The summed E-state index contributed by atoms with van der Waals surface area (Å²) in [7, 11) is 0. The lowest BCUT2D eigenvalue weighted by Gasteiger charge is -2.35. The van der Waals surface area contributed by atoms with Gasteiger partial charge in [0.2, 0.25) is 5.91 Å². The molecule has 1 aromatic carbocycles. The molecule has 0 saturated carbocycles. The zero-order chi connectivity index (χ0) is 17.8. The molecule has 1 amide bonds. The Morgan fingerprint density at radius 2 is 1.88 bits per heavy atom. The molecule has 1 aliphatic heterocycles. The fourth-order valence-corrected chi connectivity index (χ4v) is 3.77. The summed E-state index contributed by atoms with van der Waals surface area (Å²) in [6, 6.07) is 9.62. The summed E-state index contributed by atoms with van der Waals surface area (Å²) < 4.78 is 1.53. The van der Waals surface area contributed by atoms with Gasteiger partial charge in [0.25, 0.3) is 0 Å². The van der Waals surface area contributed by atoms with Gasteiger partial charge in [-0.25, -0.2) is 0 Å². The number of hydrogen-bond donors (Lipinski definition) is 1. The van der Waals surface area contributed by atoms with E-state index in [9.17, 15) is 14.7 Å². The number of β-amino-alcohol motifs (C(OH)–C–C–N with tert-alkyl or cyclic N) is 1. The van der Waals surface area contributed by atoms with Gasteiger partial charge in [-0.1, -0.05) is 41.7 Å². The number of rotatable bonds is 5. The SMILES string of the molecule is Cc1csc(=O)n1CC(=O)N1CCN(CC(O)c2ccccc2)CC1. The van der Waals surface area contributed by atoms with Crippen molar-refractivity contribution >= 4 is 17.2 Å². The Balaban J connectivity index is 1.50. The first-order valence-corrected chi connectivity index (χ1v) is 9.30. The van der Waals surface area contributed by atoms with Crippen LogP contribution in [-0.4, -0.2) is 58.1 Å². The molecule has 0 aliphatic carbocycles. The molecule has 2 aromatic rings. The van der Waals surface area contributed by atoms with E-state index >= 15 is 0 Å². The van der Waals surface area contributed by atoms with Gasteiger partial charge in [-0.3, -0.25) is 19.1 Å². The van der Waals surface area contributed by atoms with E-state index in [1.54, 1.807) is 10.3 Å². The number of carbonyl (C=O) groups excluding carboxylic acids is 1. The standard InChI is InChI=1S/C18H23N3O3S/c1-14-13-25-18(24)21(14)12-17(23)20-9-7-19(8-10-20)11-16(22)15-5-3-2-4-6-15/h2-6,13,16,22H,7-12H2,1H3. The van der Waals surface area contributed by atoms with E-state index in [1.807, 2.05) is 37.3 Å². The molecule has 1 atom stereocenters. The number of aliphatic hydroxyl groups is 1. The third-order valence-corrected chi connectivity index (χ3v) is 5.49. The van der Waals surface area contributed by atoms with Crippen LogP contribution in [0.2, 0.25) is 0 Å². The summed E-state index contributed by atoms with van der Waals surface area (Å²) >= 11 is 1.13. The van der Waals surface area contributed by atoms with Crippen molar-refractivity contribution < 1.29 is 9.90 Å². The zero-order valence-electron chi connectivity index (χ0n) is 14.3. The number of piperazine rings is 1. The van der Waals surface area contributed by atoms with Crippen molar-refractivity contribution in [3.05, 3.63) is 56.6 Å². The quantitative estimate of drug-likeness (QED) is 0.866. The number of thiazole rings is 1. The molecule has 25 heavy (non-hydrogen) atoms. The third-order valence-electron chi connectivity index (χ3n) is 4.61. The number of aryl methyl sites for hydroxylation is 1. The minimum absolute atomic E-state index is 0.0214. The average Bonchev–Trinajstić information content (AvgIpc) is 2.95. The van der Waals surface area contributed by atoms with Gasteiger partial charge in [-0.2, -0.15) is 0 Å². The summed E-state index contributed by atoms with van der Waals surface area (Å²) in [5, 5.41) is 12.1. The summed E-state index contributed by atoms with van der Waals surface area (Å²) in [5.41, 5.74) is 1.74. The number of carbonyl (C=O) groups is 1. The molecule has 2 heterocycles. The topological polar surface area (TPSA) is 65.8 Å². The van der Waals surface area contributed by atoms with Crippen LogP contribution >= 0.6 is 11.3 Å². The van der Waals surface area contributed by atoms with Crippen LogP contribution in [0, 0.1) is 6.92 Å². The first-order valence-electron chi connectivity index (χ1n) is 8.42. The number of aromatic nitrogens is 1. The van der Waals surface area contributed by atoms with Crippen LogP contribution in [0.3, 0.4) is 0 Å². The van der Waals surface area contributed by atoms with Crippen LogP contribution < -0.4 is 4.87 Å². The van der Waals surface area contributed by atoms with Crippen LogP contribution in [0.5, 0.6) is 0 Å². The highest BCUT2D eigenvalue weighted by atomic mass is 32.1. The monoisotopic (exact) mass is 361 g/mol. The fourth-order valence-electron chi connectivity index (χ4n) is 3.04. The second-order valence-electron chi connectivity index (χ2n) is 6.34. The Bertz CT molecular complexity index is 763. The molecule has 134 valence electrons. The lowest BCUT2D eigenvalue weighted by Crippen LogP contribution is -2.50. The number of nitrogens with zero attached hydrogens (tertiary/aromatic N) is 3. The lowest BCUT2D eigenvalue weighted by molar-refractivity contribution is -0.133. The molecule has 6 nitrogen and oxygen atoms in total. The fraction of sp³-hybridized carbons (Fsp3) is 0.444. The Morgan fingerprint density at radius 1 is 1.20 bits per heavy atom. The van der Waals surface area contributed by atoms with Gasteiger partial charge in [0.1, 0.15) is 6.54 Å². The van der Waals surface area contributed by atoms with Gasteiger partial charge in [0, 0.05) is 43.8 Å². The maximum atomic E-state index is 12.4. The number of amides is 1. The number of aliphatic hydroxyl groups excluding tert-OH is 1. The Morgan fingerprint density at radius 3 is 2.48 bits per heavy atom. The van der Waals surface area contributed by atoms with Crippen molar-refractivity contribution in [2.75, 3.05) is 32.7 Å². The molecule has 1 aliphatic rings. The Kier molecular flexibility index (Phi) is 5.67. The van der Waals surface area contributed by atoms with Crippen molar-refractivity contribution in [1.82, 2.24) is 14.4 Å². The summed E-state index contributed by atoms with van der Waals surface area (Å²) in [6.07, 6.45) is -0.518. The molecule has 7 heteroatoms. The highest BCUT2D eigenvalue weighted by Gasteiger charge is 2.23. The number of hydrogen-bond acceptors (Lipinski definition) is 5. The van der Waals surface area contributed by atoms with Crippen molar-refractivity contribution in [2.24, 2.45) is 0 Å². The molecule has 0 radical (unpaired) electrons. The summed E-state index contributed by atoms with van der Waals surface area (Å²) in [4.78, 5) is 28.0. The second-order valence-corrected chi connectivity index (χ2v) is 7.16. The molecule has 0 spiro atoms. The van der Waals surface area contributed by atoms with Gasteiger partial charge >= 0.3 is 4.87 Å². The minimum atomic E-state index is -0.518. The molecule has 1 N–H and O–H groups in total. The van der Waals surface area contributed by atoms with E-state index in [2.05, 4.69) is 4.90 Å². The molecular formula is C18H23N3O3S. The van der Waals surface area contributed by atoms with Crippen LogP contribution in [0.15, 0.2) is 40.5 Å². The average molecular weight is 361 g/mol. The maximum Gasteiger partial charge on any atom is 0.307 e. The van der Waals surface area contributed by atoms with Gasteiger partial charge in [-0.15, -0.1) is 0 Å². The Hall–Kier alpha value is -1.96. The molecule has 1 unspecified atom stereocenters. The van der Waals surface area contributed by atoms with E-state index < -0.39 is 6.10 Å². The van der Waals surface area contributed by atoms with Crippen LogP contribution in [-0.2, 0) is 11.3 Å². The Labute approximate surface area is 150 Å². The summed E-state index contributed by atoms with van der Waals surface area (Å²) in [6.45, 7) is 5.22. The van der Waals surface area contributed by atoms with Crippen LogP contribution in [0.4, 0.5) is 0 Å². The van der Waals surface area contributed by atoms with Crippen molar-refractivity contribution in [3.8, 4) is 0 Å². The molecule has 1 fully saturated rings. The third kappa shape index (κ3) is 4.36. The van der Waals surface area contributed by atoms with E-state index in [4.69, 9.17) is 0 Å². The molecule has 1 aromatic heterocycles. The predicted molar refractivity (Wildman–Crippen MR) is 97.7 cm³/mol. The highest BCUT2D eigenvalue weighted by molar-refractivity contribution is 7.07. The van der Waals surface area contributed by atoms with Crippen molar-refractivity contribution in [1.29, 1.82) is 0 Å². The molecule has 1 saturated heterocycles. The molecule has 0 bridgehead atoms. The van der Waals surface area contributed by atoms with E-state index in [-0.39, 0.29) is 17.3 Å². The van der Waals surface area contributed by atoms with E-state index in [0.29, 0.717) is 19.6 Å². The van der Waals surface area contributed by atoms with Gasteiger partial charge in [0.15, 0.2) is 0 Å². The van der Waals surface area contributed by atoms with Gasteiger partial charge < -0.3 is 10.0 Å². The first-order chi connectivity index (χ1) is 12.0. The van der Waals surface area contributed by atoms with Crippen LogP contribution in [0.1, 0.15) is 17.4 Å². The van der Waals surface area contributed by atoms with Gasteiger partial charge in [0.05, 0.1) is 6.10 Å². The van der Waals surface area contributed by atoms with Crippen molar-refractivity contribution in [3.63, 3.8) is 0 Å². The summed E-state index contributed by atoms with van der Waals surface area (Å²) in [5.74, 6) is -0.0214. The normalized spacial score (nSPS) is 16.8. The van der Waals surface area contributed by atoms with Crippen molar-refractivity contribution in [2.45, 2.75) is 19.6 Å². The van der Waals surface area contributed by atoms with E-state index in [1.165, 1.54) is 4.57 Å². The lowest BCUT2D eigenvalue weighted by atomic mass is 10.1. The zero-order valence-corrected chi connectivity index (χ0v) is 15.1. The highest BCUT2D eigenvalue weighted by Crippen LogP contribution is 2.15. The number of benzene rings is 1. The molecular weight excluding hydrogens is 338 g/mol. The predicted octanol–water partition coefficient (Wildman–Crippen LogP) is 1.10. The minimum Gasteiger partial charge on any atom is -0.387 e. The molecule has 3 rings (SSSR count). The largest absolute Gasteiger partial charge is 0.387 e. The van der Waals surface area contributed by atoms with Crippen LogP contribution in [0.25, 0.3) is 0 Å². The van der Waals surface area contributed by atoms with Gasteiger partial charge in [-0.05, 0) is 12.5 Å². The second kappa shape index (κ2) is 7.95. The smallest absolute Gasteiger partial charge is 0.307 e.